The third-order valence-corrected chi connectivity index (χ3v) is 4.96. The van der Waals surface area contributed by atoms with Gasteiger partial charge in [-0.15, -0.1) is 0 Å². The van der Waals surface area contributed by atoms with Crippen molar-refractivity contribution in [3.05, 3.63) is 42.2 Å². The minimum atomic E-state index is -0.624. The molecule has 0 radical (unpaired) electrons. The summed E-state index contributed by atoms with van der Waals surface area (Å²) < 4.78 is 17.2. The molecule has 2 nitrogen and oxygen atoms in total. The number of ether oxygens (including phenoxy) is 1. The SMILES string of the molecule is C/C(=C/OC(C)C1CCS(=O)C1)c1ccccc1. The van der Waals surface area contributed by atoms with Crippen LogP contribution in [0.5, 0.6) is 0 Å². The molecule has 1 aromatic rings. The first kappa shape index (κ1) is 13.3. The molecule has 98 valence electrons. The molecule has 3 heteroatoms. The maximum Gasteiger partial charge on any atom is 0.0987 e. The fourth-order valence-electron chi connectivity index (χ4n) is 2.15. The summed E-state index contributed by atoms with van der Waals surface area (Å²) in [6, 6.07) is 10.2. The van der Waals surface area contributed by atoms with Crippen LogP contribution in [-0.4, -0.2) is 21.8 Å². The fraction of sp³-hybridized carbons (Fsp3) is 0.467. The fourth-order valence-corrected chi connectivity index (χ4v) is 3.80. The summed E-state index contributed by atoms with van der Waals surface area (Å²) in [6.07, 6.45) is 3.00. The summed E-state index contributed by atoms with van der Waals surface area (Å²) in [4.78, 5) is 0. The Balaban J connectivity index is 1.92. The van der Waals surface area contributed by atoms with Gasteiger partial charge in [0.25, 0.3) is 0 Å². The Hall–Kier alpha value is -1.09. The molecule has 1 saturated heterocycles. The Morgan fingerprint density at radius 1 is 1.44 bits per heavy atom. The van der Waals surface area contributed by atoms with Crippen molar-refractivity contribution in [2.45, 2.75) is 26.4 Å². The van der Waals surface area contributed by atoms with Crippen LogP contribution in [0.15, 0.2) is 36.6 Å². The van der Waals surface area contributed by atoms with Crippen molar-refractivity contribution in [2.75, 3.05) is 11.5 Å². The second kappa shape index (κ2) is 6.19. The first-order valence-corrected chi connectivity index (χ1v) is 7.88. The zero-order chi connectivity index (χ0) is 13.0. The van der Waals surface area contributed by atoms with Gasteiger partial charge in [-0.05, 0) is 31.4 Å². The molecule has 1 fully saturated rings. The van der Waals surface area contributed by atoms with Crippen molar-refractivity contribution in [3.63, 3.8) is 0 Å². The highest BCUT2D eigenvalue weighted by atomic mass is 32.2. The van der Waals surface area contributed by atoms with Gasteiger partial charge in [0.2, 0.25) is 0 Å². The lowest BCUT2D eigenvalue weighted by Crippen LogP contribution is -2.19. The number of benzene rings is 1. The number of hydrogen-bond acceptors (Lipinski definition) is 2. The normalized spacial score (nSPS) is 26.0. The smallest absolute Gasteiger partial charge is 0.0987 e. The summed E-state index contributed by atoms with van der Waals surface area (Å²) in [5, 5.41) is 0. The molecular weight excluding hydrogens is 244 g/mol. The highest BCUT2D eigenvalue weighted by molar-refractivity contribution is 7.85. The summed E-state index contributed by atoms with van der Waals surface area (Å²) in [6.45, 7) is 4.12. The standard InChI is InChI=1S/C15H20O2S/c1-12(14-6-4-3-5-7-14)10-17-13(2)15-8-9-18(16)11-15/h3-7,10,13,15H,8-9,11H2,1-2H3/b12-10-. The van der Waals surface area contributed by atoms with E-state index < -0.39 is 10.8 Å². The largest absolute Gasteiger partial charge is 0.498 e. The van der Waals surface area contributed by atoms with Crippen molar-refractivity contribution in [1.29, 1.82) is 0 Å². The Kier molecular flexibility index (Phi) is 4.59. The maximum absolute atomic E-state index is 11.4. The van der Waals surface area contributed by atoms with Crippen LogP contribution in [0.1, 0.15) is 25.8 Å². The second-order valence-corrected chi connectivity index (χ2v) is 6.49. The van der Waals surface area contributed by atoms with E-state index in [0.29, 0.717) is 5.92 Å². The molecule has 2 rings (SSSR count). The van der Waals surface area contributed by atoms with E-state index >= 15 is 0 Å². The quantitative estimate of drug-likeness (QED) is 0.781. The molecule has 0 spiro atoms. The minimum Gasteiger partial charge on any atom is -0.498 e. The molecule has 0 aliphatic carbocycles. The molecule has 3 atom stereocenters. The molecular formula is C15H20O2S. The molecule has 0 saturated carbocycles. The van der Waals surface area contributed by atoms with E-state index in [4.69, 9.17) is 4.74 Å². The monoisotopic (exact) mass is 264 g/mol. The second-order valence-electron chi connectivity index (χ2n) is 4.87. The van der Waals surface area contributed by atoms with Gasteiger partial charge in [-0.3, -0.25) is 4.21 Å². The molecule has 0 aromatic heterocycles. The van der Waals surface area contributed by atoms with E-state index in [1.807, 2.05) is 24.5 Å². The summed E-state index contributed by atoms with van der Waals surface area (Å²) in [5.74, 6) is 2.06. The summed E-state index contributed by atoms with van der Waals surface area (Å²) >= 11 is 0. The molecule has 1 aromatic carbocycles. The van der Waals surface area contributed by atoms with E-state index in [0.717, 1.165) is 23.5 Å². The van der Waals surface area contributed by atoms with Gasteiger partial charge in [-0.25, -0.2) is 0 Å². The third-order valence-electron chi connectivity index (χ3n) is 3.47. The van der Waals surface area contributed by atoms with E-state index in [9.17, 15) is 4.21 Å². The van der Waals surface area contributed by atoms with Gasteiger partial charge in [-0.2, -0.15) is 0 Å². The molecule has 1 heterocycles. The van der Waals surface area contributed by atoms with Crippen molar-refractivity contribution < 1.29 is 8.95 Å². The predicted molar refractivity (Wildman–Crippen MR) is 76.6 cm³/mol. The van der Waals surface area contributed by atoms with Crippen LogP contribution < -0.4 is 0 Å². The van der Waals surface area contributed by atoms with Crippen molar-refractivity contribution in [2.24, 2.45) is 5.92 Å². The van der Waals surface area contributed by atoms with E-state index in [-0.39, 0.29) is 6.10 Å². The van der Waals surface area contributed by atoms with Gasteiger partial charge >= 0.3 is 0 Å². The van der Waals surface area contributed by atoms with Gasteiger partial charge in [0.15, 0.2) is 0 Å². The summed E-state index contributed by atoms with van der Waals surface area (Å²) in [7, 11) is -0.624. The lowest BCUT2D eigenvalue weighted by molar-refractivity contribution is 0.114. The maximum atomic E-state index is 11.4. The zero-order valence-corrected chi connectivity index (χ0v) is 11.8. The Morgan fingerprint density at radius 3 is 2.78 bits per heavy atom. The molecule has 1 aliphatic rings. The van der Waals surface area contributed by atoms with Crippen LogP contribution in [0.4, 0.5) is 0 Å². The highest BCUT2D eigenvalue weighted by Crippen LogP contribution is 2.22. The predicted octanol–water partition coefficient (Wildman–Crippen LogP) is 3.22. The average molecular weight is 264 g/mol. The van der Waals surface area contributed by atoms with Gasteiger partial charge in [0.05, 0.1) is 12.4 Å². The van der Waals surface area contributed by atoms with Crippen LogP contribution in [0, 0.1) is 5.92 Å². The van der Waals surface area contributed by atoms with Gasteiger partial charge in [0.1, 0.15) is 0 Å². The number of allylic oxidation sites excluding steroid dienone is 1. The number of hydrogen-bond donors (Lipinski definition) is 0. The Morgan fingerprint density at radius 2 is 2.17 bits per heavy atom. The lowest BCUT2D eigenvalue weighted by Gasteiger charge is -2.18. The zero-order valence-electron chi connectivity index (χ0n) is 11.0. The Labute approximate surface area is 112 Å². The molecule has 0 amide bonds. The van der Waals surface area contributed by atoms with Gasteiger partial charge in [0, 0.05) is 28.2 Å². The van der Waals surface area contributed by atoms with E-state index in [1.54, 1.807) is 0 Å². The third kappa shape index (κ3) is 3.45. The van der Waals surface area contributed by atoms with Crippen molar-refractivity contribution >= 4 is 16.4 Å². The first-order valence-electron chi connectivity index (χ1n) is 6.39. The topological polar surface area (TPSA) is 26.3 Å². The number of rotatable bonds is 4. The average Bonchev–Trinajstić information content (AvgIpc) is 2.83. The molecule has 0 bridgehead atoms. The lowest BCUT2D eigenvalue weighted by atomic mass is 10.0. The van der Waals surface area contributed by atoms with Gasteiger partial charge in [-0.1, -0.05) is 30.3 Å². The van der Waals surface area contributed by atoms with Crippen LogP contribution in [0.3, 0.4) is 0 Å². The van der Waals surface area contributed by atoms with E-state index in [1.165, 1.54) is 5.56 Å². The molecule has 1 aliphatic heterocycles. The van der Waals surface area contributed by atoms with Crippen LogP contribution in [0.2, 0.25) is 0 Å². The molecule has 3 unspecified atom stereocenters. The summed E-state index contributed by atoms with van der Waals surface area (Å²) in [5.41, 5.74) is 2.31. The van der Waals surface area contributed by atoms with Crippen LogP contribution >= 0.6 is 0 Å². The van der Waals surface area contributed by atoms with Crippen molar-refractivity contribution in [1.82, 2.24) is 0 Å². The highest BCUT2D eigenvalue weighted by Gasteiger charge is 2.26. The van der Waals surface area contributed by atoms with Crippen molar-refractivity contribution in [3.8, 4) is 0 Å². The first-order chi connectivity index (χ1) is 8.66. The van der Waals surface area contributed by atoms with Gasteiger partial charge < -0.3 is 4.74 Å². The van der Waals surface area contributed by atoms with E-state index in [2.05, 4.69) is 26.0 Å². The Bertz CT molecular complexity index is 439. The molecule has 0 N–H and O–H groups in total. The minimum absolute atomic E-state index is 0.148. The van der Waals surface area contributed by atoms with Crippen LogP contribution in [-0.2, 0) is 15.5 Å². The molecule has 18 heavy (non-hydrogen) atoms. The van der Waals surface area contributed by atoms with Crippen LogP contribution in [0.25, 0.3) is 5.57 Å².